The van der Waals surface area contributed by atoms with Crippen LogP contribution in [0.25, 0.3) is 0 Å². The molecule has 0 atom stereocenters. The molecule has 1 aromatic carbocycles. The number of hydrogen-bond donors (Lipinski definition) is 1. The molecule has 0 aliphatic carbocycles. The van der Waals surface area contributed by atoms with E-state index in [9.17, 15) is 4.79 Å². The quantitative estimate of drug-likeness (QED) is 0.527. The summed E-state index contributed by atoms with van der Waals surface area (Å²) < 4.78 is 12.2. The molecule has 142 valence electrons. The standard InChI is InChI=1S/C19H35NO3Si2/c1-18(2,3)24(7,8)22-15-13-11-12-14(16(15)20)17(21)23-25(9,10)19(4,5)6/h11-13H,20H2,1-10H3. The number of anilines is 1. The number of para-hydroxylation sites is 1. The fourth-order valence-electron chi connectivity index (χ4n) is 1.68. The Bertz CT molecular complexity index is 641. The highest BCUT2D eigenvalue weighted by molar-refractivity contribution is 6.75. The number of nitrogens with two attached hydrogens (primary N) is 1. The average molecular weight is 382 g/mol. The topological polar surface area (TPSA) is 61.5 Å². The first kappa shape index (κ1) is 21.8. The second-order valence-electron chi connectivity index (χ2n) is 9.73. The lowest BCUT2D eigenvalue weighted by Crippen LogP contribution is -2.44. The molecule has 0 saturated carbocycles. The van der Waals surface area contributed by atoms with Crippen LogP contribution in [0.4, 0.5) is 5.69 Å². The summed E-state index contributed by atoms with van der Waals surface area (Å²) in [5.74, 6) is 0.223. The molecule has 0 heterocycles. The van der Waals surface area contributed by atoms with E-state index in [0.29, 0.717) is 17.0 Å². The van der Waals surface area contributed by atoms with Crippen molar-refractivity contribution in [1.29, 1.82) is 0 Å². The van der Waals surface area contributed by atoms with Crippen molar-refractivity contribution in [2.24, 2.45) is 0 Å². The molecule has 0 fully saturated rings. The number of benzene rings is 1. The van der Waals surface area contributed by atoms with Gasteiger partial charge in [0, 0.05) is 0 Å². The highest BCUT2D eigenvalue weighted by Gasteiger charge is 2.42. The Kier molecular flexibility index (Phi) is 5.92. The van der Waals surface area contributed by atoms with Gasteiger partial charge in [-0.3, -0.25) is 0 Å². The monoisotopic (exact) mass is 381 g/mol. The lowest BCUT2D eigenvalue weighted by Gasteiger charge is -2.37. The minimum absolute atomic E-state index is 0.0489. The van der Waals surface area contributed by atoms with Crippen LogP contribution in [0.2, 0.25) is 36.3 Å². The van der Waals surface area contributed by atoms with Gasteiger partial charge in [0.25, 0.3) is 16.6 Å². The summed E-state index contributed by atoms with van der Waals surface area (Å²) in [6.07, 6.45) is 0. The molecule has 25 heavy (non-hydrogen) atoms. The van der Waals surface area contributed by atoms with E-state index >= 15 is 0 Å². The molecule has 1 aromatic rings. The summed E-state index contributed by atoms with van der Waals surface area (Å²) in [5.41, 5.74) is 7.04. The third-order valence-electron chi connectivity index (χ3n) is 5.61. The molecule has 2 N–H and O–H groups in total. The van der Waals surface area contributed by atoms with E-state index in [1.54, 1.807) is 12.1 Å². The van der Waals surface area contributed by atoms with Crippen molar-refractivity contribution in [3.05, 3.63) is 23.8 Å². The normalized spacial score (nSPS) is 13.5. The summed E-state index contributed by atoms with van der Waals surface area (Å²) in [5, 5.41) is 0.00373. The van der Waals surface area contributed by atoms with Crippen molar-refractivity contribution >= 4 is 28.3 Å². The van der Waals surface area contributed by atoms with Crippen LogP contribution in [0.5, 0.6) is 5.75 Å². The van der Waals surface area contributed by atoms with Crippen LogP contribution in [-0.4, -0.2) is 22.6 Å². The molecule has 1 rings (SSSR count). The number of carbonyl (C=O) groups excluding carboxylic acids is 1. The van der Waals surface area contributed by atoms with Gasteiger partial charge in [-0.15, -0.1) is 0 Å². The van der Waals surface area contributed by atoms with Gasteiger partial charge in [0.1, 0.15) is 5.75 Å². The Labute approximate surface area is 155 Å². The van der Waals surface area contributed by atoms with Crippen molar-refractivity contribution in [3.8, 4) is 5.75 Å². The van der Waals surface area contributed by atoms with E-state index < -0.39 is 16.6 Å². The van der Waals surface area contributed by atoms with E-state index in [4.69, 9.17) is 14.6 Å². The second kappa shape index (κ2) is 6.80. The Morgan fingerprint density at radius 2 is 1.40 bits per heavy atom. The number of hydrogen-bond acceptors (Lipinski definition) is 4. The summed E-state index contributed by atoms with van der Waals surface area (Å²) in [7, 11) is -4.24. The predicted octanol–water partition coefficient (Wildman–Crippen LogP) is 5.81. The minimum Gasteiger partial charge on any atom is -0.542 e. The number of rotatable bonds is 4. The van der Waals surface area contributed by atoms with Crippen molar-refractivity contribution in [2.45, 2.75) is 77.8 Å². The van der Waals surface area contributed by atoms with Gasteiger partial charge < -0.3 is 14.6 Å². The largest absolute Gasteiger partial charge is 0.542 e. The molecule has 0 spiro atoms. The maximum atomic E-state index is 12.7. The fraction of sp³-hybridized carbons (Fsp3) is 0.632. The Morgan fingerprint density at radius 1 is 0.920 bits per heavy atom. The maximum Gasteiger partial charge on any atom is 0.327 e. The second-order valence-corrected chi connectivity index (χ2v) is 19.2. The molecule has 0 bridgehead atoms. The van der Waals surface area contributed by atoms with Gasteiger partial charge in [0.2, 0.25) is 0 Å². The van der Waals surface area contributed by atoms with Gasteiger partial charge >= 0.3 is 5.97 Å². The molecule has 0 aromatic heterocycles. The maximum absolute atomic E-state index is 12.7. The third-order valence-corrected chi connectivity index (χ3v) is 14.3. The van der Waals surface area contributed by atoms with E-state index in [1.165, 1.54) is 0 Å². The fourth-order valence-corrected chi connectivity index (χ4v) is 3.59. The zero-order valence-electron chi connectivity index (χ0n) is 17.5. The van der Waals surface area contributed by atoms with Crippen molar-refractivity contribution in [1.82, 2.24) is 0 Å². The molecule has 0 amide bonds. The van der Waals surface area contributed by atoms with E-state index in [0.717, 1.165) is 0 Å². The first-order chi connectivity index (χ1) is 11.0. The molecule has 6 heteroatoms. The summed E-state index contributed by atoms with van der Waals surface area (Å²) in [6, 6.07) is 5.35. The van der Waals surface area contributed by atoms with Crippen LogP contribution < -0.4 is 10.2 Å². The Hall–Kier alpha value is -1.28. The van der Waals surface area contributed by atoms with Gasteiger partial charge in [-0.1, -0.05) is 47.6 Å². The van der Waals surface area contributed by atoms with Gasteiger partial charge in [-0.25, -0.2) is 4.79 Å². The van der Waals surface area contributed by atoms with Crippen LogP contribution >= 0.6 is 0 Å². The van der Waals surface area contributed by atoms with E-state index in [-0.39, 0.29) is 16.0 Å². The zero-order chi connectivity index (χ0) is 19.8. The average Bonchev–Trinajstić information content (AvgIpc) is 2.37. The Balaban J connectivity index is 3.15. The first-order valence-corrected chi connectivity index (χ1v) is 14.6. The van der Waals surface area contributed by atoms with Gasteiger partial charge in [-0.05, 0) is 48.4 Å². The highest BCUT2D eigenvalue weighted by Crippen LogP contribution is 2.40. The van der Waals surface area contributed by atoms with Crippen LogP contribution in [0.3, 0.4) is 0 Å². The third kappa shape index (κ3) is 4.88. The summed E-state index contributed by atoms with van der Waals surface area (Å²) in [6.45, 7) is 21.3. The van der Waals surface area contributed by atoms with Gasteiger partial charge in [0.05, 0.1) is 11.3 Å². The molecule has 0 saturated heterocycles. The number of carbonyl (C=O) groups is 1. The number of nitrogen functional groups attached to an aromatic ring is 1. The smallest absolute Gasteiger partial charge is 0.327 e. The first-order valence-electron chi connectivity index (χ1n) is 8.80. The van der Waals surface area contributed by atoms with Gasteiger partial charge in [-0.2, -0.15) is 0 Å². The molecule has 4 nitrogen and oxygen atoms in total. The van der Waals surface area contributed by atoms with Crippen LogP contribution in [0, 0.1) is 0 Å². The lowest BCUT2D eigenvalue weighted by molar-refractivity contribution is 0.0713. The summed E-state index contributed by atoms with van der Waals surface area (Å²) in [4.78, 5) is 12.7. The minimum atomic E-state index is -2.21. The molecule has 0 aliphatic rings. The lowest BCUT2D eigenvalue weighted by atomic mass is 10.2. The predicted molar refractivity (Wildman–Crippen MR) is 111 cm³/mol. The highest BCUT2D eigenvalue weighted by atomic mass is 28.4. The molecular weight excluding hydrogens is 346 g/mol. The van der Waals surface area contributed by atoms with Crippen LogP contribution in [0.15, 0.2) is 18.2 Å². The van der Waals surface area contributed by atoms with Crippen LogP contribution in [0.1, 0.15) is 51.9 Å². The van der Waals surface area contributed by atoms with Crippen molar-refractivity contribution < 1.29 is 13.6 Å². The van der Waals surface area contributed by atoms with Crippen molar-refractivity contribution in [2.75, 3.05) is 5.73 Å². The van der Waals surface area contributed by atoms with E-state index in [1.807, 2.05) is 6.07 Å². The van der Waals surface area contributed by atoms with Crippen LogP contribution in [-0.2, 0) is 4.43 Å². The summed E-state index contributed by atoms with van der Waals surface area (Å²) >= 11 is 0. The van der Waals surface area contributed by atoms with Crippen molar-refractivity contribution in [3.63, 3.8) is 0 Å². The SMILES string of the molecule is CC(C)(C)[Si](C)(C)OC(=O)c1cccc(O[Si](C)(C)C(C)(C)C)c1N. The molecule has 0 aliphatic heterocycles. The molecule has 0 unspecified atom stereocenters. The molecule has 0 radical (unpaired) electrons. The zero-order valence-corrected chi connectivity index (χ0v) is 19.5. The Morgan fingerprint density at radius 3 is 1.84 bits per heavy atom. The molecular formula is C19H35NO3Si2. The van der Waals surface area contributed by atoms with E-state index in [2.05, 4.69) is 67.7 Å². The van der Waals surface area contributed by atoms with Gasteiger partial charge in [0.15, 0.2) is 0 Å².